The molecule has 1 aliphatic rings. The zero-order chi connectivity index (χ0) is 30.0. The van der Waals surface area contributed by atoms with Crippen molar-refractivity contribution in [1.82, 2.24) is 20.3 Å². The zero-order valence-electron chi connectivity index (χ0n) is 23.3. The van der Waals surface area contributed by atoms with E-state index in [9.17, 15) is 9.65 Å². The van der Waals surface area contributed by atoms with Gasteiger partial charge in [-0.15, -0.1) is 5.10 Å². The van der Waals surface area contributed by atoms with E-state index >= 15 is 0 Å². The second-order valence-electron chi connectivity index (χ2n) is 10.3. The Balaban J connectivity index is 1.62. The standard InChI is InChI=1S/C31H29Cl2FN8/c1-17(2)42-16-28(40-41-42)31(22-7-5-6-19-14-37-15-24(19)22)39-21-10-23(30(36-4)26(33)12-21)29(18(3)13-35)38-20-8-9-27(34)25(32)11-20/h5-12,16-17,31,37-39H,4,14-15H2,1-3H3/b29-18-/t31-/m0/s1. The second-order valence-corrected chi connectivity index (χ2v) is 11.1. The van der Waals surface area contributed by atoms with Crippen molar-refractivity contribution in [2.45, 2.75) is 45.9 Å². The van der Waals surface area contributed by atoms with Crippen LogP contribution in [0.3, 0.4) is 0 Å². The van der Waals surface area contributed by atoms with Gasteiger partial charge in [0, 0.05) is 36.1 Å². The Kier molecular flexibility index (Phi) is 8.59. The van der Waals surface area contributed by atoms with E-state index in [1.54, 1.807) is 13.0 Å². The topological polar surface area (TPSA) is 103 Å². The summed E-state index contributed by atoms with van der Waals surface area (Å²) in [5, 5.41) is 29.3. The number of hydrogen-bond acceptors (Lipinski definition) is 7. The van der Waals surface area contributed by atoms with Crippen LogP contribution in [-0.2, 0) is 13.1 Å². The third-order valence-corrected chi connectivity index (χ3v) is 7.70. The Morgan fingerprint density at radius 1 is 1.14 bits per heavy atom. The van der Waals surface area contributed by atoms with E-state index in [1.165, 1.54) is 29.3 Å². The van der Waals surface area contributed by atoms with Crippen LogP contribution >= 0.6 is 23.2 Å². The van der Waals surface area contributed by atoms with Crippen LogP contribution in [-0.4, -0.2) is 21.7 Å². The fourth-order valence-electron chi connectivity index (χ4n) is 4.95. The summed E-state index contributed by atoms with van der Waals surface area (Å²) >= 11 is 12.8. The predicted molar refractivity (Wildman–Crippen MR) is 167 cm³/mol. The van der Waals surface area contributed by atoms with Crippen molar-refractivity contribution in [1.29, 1.82) is 5.26 Å². The SMILES string of the molecule is C=Nc1c(Cl)cc(N[C@H](c2cn(C(C)C)nn2)c2cccc3c2CNC3)cc1/C(Nc1ccc(F)c(Cl)c1)=C(\C)C#N. The third-order valence-electron chi connectivity index (χ3n) is 7.12. The molecule has 8 nitrogen and oxygen atoms in total. The lowest BCUT2D eigenvalue weighted by Crippen LogP contribution is -2.16. The van der Waals surface area contributed by atoms with Crippen molar-refractivity contribution in [2.24, 2.45) is 4.99 Å². The minimum atomic E-state index is -0.546. The van der Waals surface area contributed by atoms with E-state index in [0.717, 1.165) is 24.3 Å². The predicted octanol–water partition coefficient (Wildman–Crippen LogP) is 7.81. The summed E-state index contributed by atoms with van der Waals surface area (Å²) in [7, 11) is 0. The monoisotopic (exact) mass is 602 g/mol. The normalized spacial score (nSPS) is 13.8. The lowest BCUT2D eigenvalue weighted by molar-refractivity contribution is 0.514. The van der Waals surface area contributed by atoms with Crippen LogP contribution in [0.5, 0.6) is 0 Å². The molecule has 214 valence electrons. The Morgan fingerprint density at radius 2 is 1.93 bits per heavy atom. The third kappa shape index (κ3) is 5.88. The van der Waals surface area contributed by atoms with Crippen molar-refractivity contribution in [3.63, 3.8) is 0 Å². The van der Waals surface area contributed by atoms with Gasteiger partial charge in [-0.3, -0.25) is 4.99 Å². The first-order valence-corrected chi connectivity index (χ1v) is 14.1. The van der Waals surface area contributed by atoms with E-state index in [1.807, 2.05) is 36.9 Å². The molecule has 1 aliphatic heterocycles. The highest BCUT2D eigenvalue weighted by Gasteiger charge is 2.26. The summed E-state index contributed by atoms with van der Waals surface area (Å²) in [4.78, 5) is 4.17. The minimum absolute atomic E-state index is 0.0494. The average Bonchev–Trinajstić information content (AvgIpc) is 3.66. The molecule has 0 fully saturated rings. The van der Waals surface area contributed by atoms with Crippen LogP contribution < -0.4 is 16.0 Å². The van der Waals surface area contributed by atoms with Gasteiger partial charge in [0.2, 0.25) is 0 Å². The summed E-state index contributed by atoms with van der Waals surface area (Å²) in [6, 6.07) is 16.1. The molecule has 2 heterocycles. The summed E-state index contributed by atoms with van der Waals surface area (Å²) in [5.41, 5.74) is 7.12. The number of nitrogens with one attached hydrogen (secondary N) is 3. The highest BCUT2D eigenvalue weighted by atomic mass is 35.5. The molecule has 3 aromatic carbocycles. The fraction of sp³-hybridized carbons (Fsp3) is 0.226. The highest BCUT2D eigenvalue weighted by molar-refractivity contribution is 6.34. The van der Waals surface area contributed by atoms with Gasteiger partial charge in [0.25, 0.3) is 0 Å². The Morgan fingerprint density at radius 3 is 2.62 bits per heavy atom. The van der Waals surface area contributed by atoms with Gasteiger partial charge < -0.3 is 16.0 Å². The first-order chi connectivity index (χ1) is 20.2. The van der Waals surface area contributed by atoms with Crippen molar-refractivity contribution in [3.8, 4) is 6.07 Å². The largest absolute Gasteiger partial charge is 0.373 e. The second kappa shape index (κ2) is 12.3. The fourth-order valence-corrected chi connectivity index (χ4v) is 5.41. The van der Waals surface area contributed by atoms with Gasteiger partial charge in [0.05, 0.1) is 45.3 Å². The number of halogens is 3. The van der Waals surface area contributed by atoms with E-state index in [2.05, 4.69) is 56.2 Å². The first-order valence-electron chi connectivity index (χ1n) is 13.3. The molecule has 0 saturated carbocycles. The molecule has 0 radical (unpaired) electrons. The van der Waals surface area contributed by atoms with Gasteiger partial charge in [-0.05, 0) is 74.5 Å². The maximum atomic E-state index is 13.9. The van der Waals surface area contributed by atoms with Gasteiger partial charge in [-0.1, -0.05) is 46.6 Å². The molecule has 1 atom stereocenters. The number of benzene rings is 3. The summed E-state index contributed by atoms with van der Waals surface area (Å²) in [6.45, 7) is 11.0. The number of nitriles is 1. The van der Waals surface area contributed by atoms with E-state index in [0.29, 0.717) is 38.9 Å². The van der Waals surface area contributed by atoms with Crippen LogP contribution in [0.25, 0.3) is 5.70 Å². The summed E-state index contributed by atoms with van der Waals surface area (Å²) in [6.07, 6.45) is 1.94. The zero-order valence-corrected chi connectivity index (χ0v) is 24.9. The van der Waals surface area contributed by atoms with Crippen molar-refractivity contribution >= 4 is 52.7 Å². The van der Waals surface area contributed by atoms with Crippen LogP contribution in [0.15, 0.2) is 65.3 Å². The van der Waals surface area contributed by atoms with Crippen LogP contribution in [0.4, 0.5) is 21.5 Å². The molecule has 5 rings (SSSR count). The van der Waals surface area contributed by atoms with E-state index in [4.69, 9.17) is 23.2 Å². The number of aromatic nitrogens is 3. The Hall–Kier alpha value is -4.23. The lowest BCUT2D eigenvalue weighted by atomic mass is 9.95. The number of nitrogens with zero attached hydrogens (tertiary/aromatic N) is 5. The quantitative estimate of drug-likeness (QED) is 0.133. The molecular formula is C31H29Cl2FN8. The number of aliphatic imine (C=N–C) groups is 1. The van der Waals surface area contributed by atoms with Crippen molar-refractivity contribution in [3.05, 3.63) is 104 Å². The van der Waals surface area contributed by atoms with Crippen molar-refractivity contribution in [2.75, 3.05) is 10.6 Å². The molecule has 0 aliphatic carbocycles. The number of anilines is 2. The lowest BCUT2D eigenvalue weighted by Gasteiger charge is -2.23. The summed E-state index contributed by atoms with van der Waals surface area (Å²) < 4.78 is 15.7. The molecule has 1 aromatic heterocycles. The maximum absolute atomic E-state index is 13.9. The maximum Gasteiger partial charge on any atom is 0.141 e. The van der Waals surface area contributed by atoms with Gasteiger partial charge in [-0.25, -0.2) is 9.07 Å². The smallest absolute Gasteiger partial charge is 0.141 e. The molecule has 0 unspecified atom stereocenters. The molecule has 0 amide bonds. The van der Waals surface area contributed by atoms with Crippen LogP contribution in [0.1, 0.15) is 60.8 Å². The molecule has 0 spiro atoms. The highest BCUT2D eigenvalue weighted by Crippen LogP contribution is 2.40. The number of fused-ring (bicyclic) bond motifs is 1. The van der Waals surface area contributed by atoms with Gasteiger partial charge >= 0.3 is 0 Å². The van der Waals surface area contributed by atoms with E-state index in [-0.39, 0.29) is 17.1 Å². The molecule has 0 bridgehead atoms. The average molecular weight is 604 g/mol. The van der Waals surface area contributed by atoms with Gasteiger partial charge in [0.15, 0.2) is 0 Å². The first kappa shape index (κ1) is 29.3. The molecule has 42 heavy (non-hydrogen) atoms. The molecule has 11 heteroatoms. The van der Waals surface area contributed by atoms with E-state index < -0.39 is 5.82 Å². The number of hydrogen-bond donors (Lipinski definition) is 3. The van der Waals surface area contributed by atoms with Crippen LogP contribution in [0.2, 0.25) is 10.0 Å². The molecular weight excluding hydrogens is 574 g/mol. The number of allylic oxidation sites excluding steroid dienone is 1. The van der Waals surface area contributed by atoms with Crippen molar-refractivity contribution < 1.29 is 4.39 Å². The molecule has 0 saturated heterocycles. The minimum Gasteiger partial charge on any atom is -0.373 e. The molecule has 3 N–H and O–H groups in total. The van der Waals surface area contributed by atoms with Gasteiger partial charge in [0.1, 0.15) is 11.5 Å². The summed E-state index contributed by atoms with van der Waals surface area (Å²) in [5.74, 6) is -0.546. The Bertz CT molecular complexity index is 1740. The van der Waals surface area contributed by atoms with Crippen LogP contribution in [0, 0.1) is 17.1 Å². The number of rotatable bonds is 9. The van der Waals surface area contributed by atoms with Gasteiger partial charge in [-0.2, -0.15) is 5.26 Å². The Labute approximate surface area is 253 Å². The molecule has 4 aromatic rings.